The van der Waals surface area contributed by atoms with E-state index in [-0.39, 0.29) is 12.1 Å². The first-order chi connectivity index (χ1) is 9.67. The van der Waals surface area contributed by atoms with E-state index in [0.29, 0.717) is 5.02 Å². The van der Waals surface area contributed by atoms with Crippen LogP contribution in [0, 0.1) is 0 Å². The van der Waals surface area contributed by atoms with E-state index in [1.807, 2.05) is 12.1 Å². The van der Waals surface area contributed by atoms with E-state index in [4.69, 9.17) is 21.1 Å². The number of hydrogen-bond donors (Lipinski definition) is 1. The fraction of sp³-hybridized carbons (Fsp3) is 0.600. The van der Waals surface area contributed by atoms with Crippen LogP contribution in [0.1, 0.15) is 37.8 Å². The maximum Gasteiger partial charge on any atom is 0.138 e. The Balaban J connectivity index is 2.37. The second-order valence-corrected chi connectivity index (χ2v) is 6.24. The maximum atomic E-state index is 6.21. The Kier molecular flexibility index (Phi) is 6.15. The molecule has 1 fully saturated rings. The average molecular weight is 363 g/mol. The van der Waals surface area contributed by atoms with E-state index in [0.717, 1.165) is 41.8 Å². The number of methoxy groups -OCH3 is 1. The van der Waals surface area contributed by atoms with Gasteiger partial charge in [0.05, 0.1) is 23.7 Å². The second kappa shape index (κ2) is 7.64. The van der Waals surface area contributed by atoms with Crippen LogP contribution in [0.15, 0.2) is 16.6 Å². The van der Waals surface area contributed by atoms with Gasteiger partial charge in [0, 0.05) is 17.2 Å². The summed E-state index contributed by atoms with van der Waals surface area (Å²) in [6.45, 7) is 3.80. The number of rotatable bonds is 5. The van der Waals surface area contributed by atoms with E-state index in [9.17, 15) is 0 Å². The largest absolute Gasteiger partial charge is 0.495 e. The van der Waals surface area contributed by atoms with Crippen LogP contribution in [0.4, 0.5) is 0 Å². The Morgan fingerprint density at radius 1 is 1.50 bits per heavy atom. The second-order valence-electron chi connectivity index (χ2n) is 4.95. The van der Waals surface area contributed by atoms with Crippen LogP contribution in [0.25, 0.3) is 0 Å². The highest BCUT2D eigenvalue weighted by atomic mass is 79.9. The van der Waals surface area contributed by atoms with Crippen molar-refractivity contribution in [1.29, 1.82) is 0 Å². The third-order valence-electron chi connectivity index (χ3n) is 3.59. The van der Waals surface area contributed by atoms with Crippen LogP contribution < -0.4 is 10.1 Å². The molecule has 0 aliphatic carbocycles. The lowest BCUT2D eigenvalue weighted by Gasteiger charge is -2.32. The van der Waals surface area contributed by atoms with Gasteiger partial charge in [0.2, 0.25) is 0 Å². The Morgan fingerprint density at radius 2 is 2.30 bits per heavy atom. The molecule has 0 spiro atoms. The number of likely N-dealkylation sites (N-methyl/N-ethyl adjacent to an activating group) is 1. The van der Waals surface area contributed by atoms with Crippen LogP contribution in [0.5, 0.6) is 5.75 Å². The molecule has 1 aromatic carbocycles. The molecule has 0 aromatic heterocycles. The van der Waals surface area contributed by atoms with E-state index >= 15 is 0 Å². The number of nitrogens with one attached hydrogen (secondary N) is 1. The average Bonchev–Trinajstić information content (AvgIpc) is 2.45. The Hall–Kier alpha value is -0.290. The minimum Gasteiger partial charge on any atom is -0.495 e. The van der Waals surface area contributed by atoms with Gasteiger partial charge in [-0.1, -0.05) is 18.5 Å². The molecule has 0 bridgehead atoms. The molecular formula is C15H21BrClNO2. The summed E-state index contributed by atoms with van der Waals surface area (Å²) in [7, 11) is 1.68. The molecule has 20 heavy (non-hydrogen) atoms. The quantitative estimate of drug-likeness (QED) is 0.845. The van der Waals surface area contributed by atoms with Crippen LogP contribution in [0.2, 0.25) is 5.02 Å². The van der Waals surface area contributed by atoms with Gasteiger partial charge < -0.3 is 14.8 Å². The lowest BCUT2D eigenvalue weighted by molar-refractivity contribution is -0.00831. The lowest BCUT2D eigenvalue weighted by Crippen LogP contribution is -2.36. The molecular weight excluding hydrogens is 342 g/mol. The summed E-state index contributed by atoms with van der Waals surface area (Å²) in [6.07, 6.45) is 3.58. The molecule has 1 aliphatic heterocycles. The summed E-state index contributed by atoms with van der Waals surface area (Å²) < 4.78 is 12.4. The fourth-order valence-corrected chi connectivity index (χ4v) is 3.71. The van der Waals surface area contributed by atoms with Gasteiger partial charge in [-0.3, -0.25) is 0 Å². The molecule has 1 aromatic rings. The predicted molar refractivity (Wildman–Crippen MR) is 85.7 cm³/mol. The van der Waals surface area contributed by atoms with Crippen molar-refractivity contribution in [3.05, 3.63) is 27.2 Å². The van der Waals surface area contributed by atoms with Crippen molar-refractivity contribution in [1.82, 2.24) is 5.32 Å². The summed E-state index contributed by atoms with van der Waals surface area (Å²) in [6, 6.07) is 3.93. The Labute approximate surface area is 134 Å². The molecule has 5 heteroatoms. The first-order valence-electron chi connectivity index (χ1n) is 7.05. The molecule has 2 rings (SSSR count). The van der Waals surface area contributed by atoms with Crippen molar-refractivity contribution in [2.75, 3.05) is 20.3 Å². The summed E-state index contributed by atoms with van der Waals surface area (Å²) in [5, 5.41) is 4.21. The van der Waals surface area contributed by atoms with Crippen LogP contribution in [0.3, 0.4) is 0 Å². The molecule has 1 saturated heterocycles. The zero-order chi connectivity index (χ0) is 14.5. The highest BCUT2D eigenvalue weighted by Gasteiger charge is 2.28. The number of hydrogen-bond acceptors (Lipinski definition) is 3. The molecule has 2 atom stereocenters. The first-order valence-corrected chi connectivity index (χ1v) is 8.22. The normalized spacial score (nSPS) is 20.7. The Bertz CT molecular complexity index is 450. The molecule has 112 valence electrons. The molecule has 0 amide bonds. The smallest absolute Gasteiger partial charge is 0.138 e. The van der Waals surface area contributed by atoms with Crippen molar-refractivity contribution in [3.8, 4) is 5.75 Å². The molecule has 3 nitrogen and oxygen atoms in total. The minimum absolute atomic E-state index is 0.102. The van der Waals surface area contributed by atoms with E-state index in [1.165, 1.54) is 6.42 Å². The van der Waals surface area contributed by atoms with Gasteiger partial charge in [0.15, 0.2) is 0 Å². The summed E-state index contributed by atoms with van der Waals surface area (Å²) in [4.78, 5) is 0. The van der Waals surface area contributed by atoms with Crippen LogP contribution in [-0.4, -0.2) is 26.4 Å². The van der Waals surface area contributed by atoms with Crippen LogP contribution in [-0.2, 0) is 4.74 Å². The molecule has 0 saturated carbocycles. The molecule has 1 heterocycles. The van der Waals surface area contributed by atoms with E-state index in [2.05, 4.69) is 28.2 Å². The first kappa shape index (κ1) is 16.1. The third kappa shape index (κ3) is 3.67. The van der Waals surface area contributed by atoms with E-state index < -0.39 is 0 Å². The van der Waals surface area contributed by atoms with Gasteiger partial charge in [0.25, 0.3) is 0 Å². The van der Waals surface area contributed by atoms with Gasteiger partial charge in [-0.05, 0) is 53.9 Å². The molecule has 0 radical (unpaired) electrons. The standard InChI is InChI=1S/C15H21BrClNO2/c1-3-18-14(13-6-4-5-7-20-13)11-8-10(17)9-12(16)15(11)19-2/h8-9,13-14,18H,3-7H2,1-2H3. The summed E-state index contributed by atoms with van der Waals surface area (Å²) in [5.41, 5.74) is 1.06. The monoisotopic (exact) mass is 361 g/mol. The highest BCUT2D eigenvalue weighted by Crippen LogP contribution is 2.39. The maximum absolute atomic E-state index is 6.21. The molecule has 1 aliphatic rings. The van der Waals surface area contributed by atoms with Crippen molar-refractivity contribution in [2.24, 2.45) is 0 Å². The van der Waals surface area contributed by atoms with Crippen molar-refractivity contribution < 1.29 is 9.47 Å². The summed E-state index contributed by atoms with van der Waals surface area (Å²) in [5.74, 6) is 0.828. The fourth-order valence-electron chi connectivity index (χ4n) is 2.72. The third-order valence-corrected chi connectivity index (χ3v) is 4.39. The van der Waals surface area contributed by atoms with Crippen molar-refractivity contribution >= 4 is 27.5 Å². The minimum atomic E-state index is 0.102. The Morgan fingerprint density at radius 3 is 2.90 bits per heavy atom. The number of benzene rings is 1. The van der Waals surface area contributed by atoms with Crippen molar-refractivity contribution in [2.45, 2.75) is 38.3 Å². The molecule has 2 unspecified atom stereocenters. The van der Waals surface area contributed by atoms with Gasteiger partial charge in [-0.25, -0.2) is 0 Å². The number of halogens is 2. The van der Waals surface area contributed by atoms with Gasteiger partial charge in [-0.2, -0.15) is 0 Å². The lowest BCUT2D eigenvalue weighted by atomic mass is 9.95. The topological polar surface area (TPSA) is 30.5 Å². The van der Waals surface area contributed by atoms with Crippen molar-refractivity contribution in [3.63, 3.8) is 0 Å². The van der Waals surface area contributed by atoms with E-state index in [1.54, 1.807) is 7.11 Å². The number of ether oxygens (including phenoxy) is 2. The van der Waals surface area contributed by atoms with Gasteiger partial charge in [0.1, 0.15) is 5.75 Å². The van der Waals surface area contributed by atoms with Gasteiger partial charge >= 0.3 is 0 Å². The SMILES string of the molecule is CCNC(c1cc(Cl)cc(Br)c1OC)C1CCCCO1. The zero-order valence-electron chi connectivity index (χ0n) is 11.9. The van der Waals surface area contributed by atoms with Gasteiger partial charge in [-0.15, -0.1) is 0 Å². The zero-order valence-corrected chi connectivity index (χ0v) is 14.3. The highest BCUT2D eigenvalue weighted by molar-refractivity contribution is 9.10. The summed E-state index contributed by atoms with van der Waals surface area (Å²) >= 11 is 9.73. The van der Waals surface area contributed by atoms with Crippen LogP contribution >= 0.6 is 27.5 Å². The molecule has 1 N–H and O–H groups in total. The predicted octanol–water partition coefficient (Wildman–Crippen LogP) is 4.33.